The highest BCUT2D eigenvalue weighted by atomic mass is 16.5. The van der Waals surface area contributed by atoms with E-state index in [1.54, 1.807) is 4.90 Å². The van der Waals surface area contributed by atoms with E-state index in [-0.39, 0.29) is 36.2 Å². The Kier molecular flexibility index (Phi) is 6.26. The molecule has 0 radical (unpaired) electrons. The van der Waals surface area contributed by atoms with Crippen molar-refractivity contribution in [3.8, 4) is 11.1 Å². The zero-order chi connectivity index (χ0) is 24.7. The fourth-order valence-electron chi connectivity index (χ4n) is 6.26. The maximum absolute atomic E-state index is 13.1. The first-order valence-electron chi connectivity index (χ1n) is 12.5. The van der Waals surface area contributed by atoms with E-state index in [2.05, 4.69) is 29.6 Å². The van der Waals surface area contributed by atoms with Crippen molar-refractivity contribution in [3.05, 3.63) is 59.7 Å². The number of alkyl carbamates (subject to hydrolysis) is 1. The highest BCUT2D eigenvalue weighted by Crippen LogP contribution is 2.45. The van der Waals surface area contributed by atoms with Crippen molar-refractivity contribution < 1.29 is 24.2 Å². The average Bonchev–Trinajstić information content (AvgIpc) is 3.32. The molecule has 0 aromatic heterocycles. The van der Waals surface area contributed by atoms with Crippen molar-refractivity contribution in [1.82, 2.24) is 10.2 Å². The molecule has 1 aliphatic heterocycles. The lowest BCUT2D eigenvalue weighted by molar-refractivity contribution is -0.151. The van der Waals surface area contributed by atoms with Crippen LogP contribution in [-0.2, 0) is 14.3 Å². The van der Waals surface area contributed by atoms with Crippen LogP contribution in [-0.4, -0.2) is 53.7 Å². The van der Waals surface area contributed by atoms with Gasteiger partial charge in [0.25, 0.3) is 0 Å². The molecule has 1 saturated carbocycles. The van der Waals surface area contributed by atoms with Gasteiger partial charge in [0, 0.05) is 25.0 Å². The molecule has 2 bridgehead atoms. The number of fused-ring (bicyclic) bond motifs is 5. The standard InChI is InChI=1S/C28H32N2O5/c1-16(26(31)30-13-18-11-12-19(14-30)25(18)27(32)33)17(2)29-28(34)35-15-24-22-9-5-3-7-20(22)21-8-4-6-10-23(21)24/h3-10,16-19,24-25H,11-15H2,1-2H3,(H,29,34)(H,32,33). The van der Waals surface area contributed by atoms with Crippen LogP contribution in [0.1, 0.15) is 43.7 Å². The number of nitrogens with zero attached hydrogens (tertiary/aromatic N) is 1. The zero-order valence-electron chi connectivity index (χ0n) is 20.1. The first-order valence-corrected chi connectivity index (χ1v) is 12.5. The molecular formula is C28H32N2O5. The topological polar surface area (TPSA) is 95.9 Å². The Morgan fingerprint density at radius 2 is 1.51 bits per heavy atom. The third kappa shape index (κ3) is 4.28. The van der Waals surface area contributed by atoms with Gasteiger partial charge in [-0.1, -0.05) is 55.5 Å². The van der Waals surface area contributed by atoms with Crippen molar-refractivity contribution in [2.24, 2.45) is 23.7 Å². The number of amides is 2. The van der Waals surface area contributed by atoms with E-state index >= 15 is 0 Å². The number of carbonyl (C=O) groups is 3. The van der Waals surface area contributed by atoms with Crippen LogP contribution in [0.4, 0.5) is 4.79 Å². The molecule has 7 nitrogen and oxygen atoms in total. The van der Waals surface area contributed by atoms with Gasteiger partial charge in [-0.25, -0.2) is 4.79 Å². The molecule has 5 rings (SSSR count). The maximum Gasteiger partial charge on any atom is 0.407 e. The molecule has 184 valence electrons. The number of aliphatic carboxylic acids is 1. The van der Waals surface area contributed by atoms with Crippen LogP contribution < -0.4 is 5.32 Å². The molecule has 2 fully saturated rings. The minimum absolute atomic E-state index is 0.0199. The summed E-state index contributed by atoms with van der Waals surface area (Å²) in [6, 6.07) is 16.0. The molecular weight excluding hydrogens is 444 g/mol. The Hall–Kier alpha value is -3.35. The van der Waals surface area contributed by atoms with Gasteiger partial charge < -0.3 is 20.1 Å². The third-order valence-corrected chi connectivity index (χ3v) is 8.26. The molecule has 1 saturated heterocycles. The zero-order valence-corrected chi connectivity index (χ0v) is 20.1. The van der Waals surface area contributed by atoms with Crippen LogP contribution in [0.3, 0.4) is 0 Å². The van der Waals surface area contributed by atoms with E-state index < -0.39 is 24.0 Å². The minimum Gasteiger partial charge on any atom is -0.481 e. The molecule has 35 heavy (non-hydrogen) atoms. The highest BCUT2D eigenvalue weighted by molar-refractivity contribution is 5.81. The van der Waals surface area contributed by atoms with E-state index in [1.807, 2.05) is 38.1 Å². The van der Waals surface area contributed by atoms with Gasteiger partial charge in [-0.05, 0) is 53.9 Å². The molecule has 0 spiro atoms. The molecule has 1 heterocycles. The quantitative estimate of drug-likeness (QED) is 0.654. The third-order valence-electron chi connectivity index (χ3n) is 8.26. The Balaban J connectivity index is 1.17. The van der Waals surface area contributed by atoms with Crippen molar-refractivity contribution in [3.63, 3.8) is 0 Å². The highest BCUT2D eigenvalue weighted by Gasteiger charge is 2.47. The smallest absolute Gasteiger partial charge is 0.407 e. The van der Waals surface area contributed by atoms with E-state index in [1.165, 1.54) is 11.1 Å². The second-order valence-corrected chi connectivity index (χ2v) is 10.3. The normalized spacial score (nSPS) is 24.3. The average molecular weight is 477 g/mol. The second kappa shape index (κ2) is 9.36. The van der Waals surface area contributed by atoms with Crippen LogP contribution in [0.2, 0.25) is 0 Å². The monoisotopic (exact) mass is 476 g/mol. The SMILES string of the molecule is CC(NC(=O)OCC1c2ccccc2-c2ccccc21)C(C)C(=O)N1CC2CCC(C1)C2C(=O)O. The van der Waals surface area contributed by atoms with Gasteiger partial charge in [-0.15, -0.1) is 0 Å². The van der Waals surface area contributed by atoms with E-state index in [0.29, 0.717) is 13.1 Å². The number of nitrogens with one attached hydrogen (secondary N) is 1. The van der Waals surface area contributed by atoms with Crippen LogP contribution in [0.25, 0.3) is 11.1 Å². The lowest BCUT2D eigenvalue weighted by Gasteiger charge is -2.38. The minimum atomic E-state index is -0.747. The van der Waals surface area contributed by atoms with Gasteiger partial charge in [0.1, 0.15) is 6.61 Å². The Morgan fingerprint density at radius 3 is 2.06 bits per heavy atom. The molecule has 2 N–H and O–H groups in total. The number of benzene rings is 2. The number of ether oxygens (including phenoxy) is 1. The number of likely N-dealkylation sites (tertiary alicyclic amines) is 1. The summed E-state index contributed by atoms with van der Waals surface area (Å²) in [6.45, 7) is 4.80. The van der Waals surface area contributed by atoms with Crippen molar-refractivity contribution in [1.29, 1.82) is 0 Å². The molecule has 2 aromatic rings. The summed E-state index contributed by atoms with van der Waals surface area (Å²) in [5.41, 5.74) is 4.64. The van der Waals surface area contributed by atoms with Gasteiger partial charge >= 0.3 is 12.1 Å². The number of carbonyl (C=O) groups excluding carboxylic acids is 2. The largest absolute Gasteiger partial charge is 0.481 e. The number of hydrogen-bond acceptors (Lipinski definition) is 4. The van der Waals surface area contributed by atoms with Crippen LogP contribution in [0.5, 0.6) is 0 Å². The van der Waals surface area contributed by atoms with E-state index in [9.17, 15) is 19.5 Å². The summed E-state index contributed by atoms with van der Waals surface area (Å²) in [6.07, 6.45) is 1.17. The number of piperidine rings is 1. The molecule has 4 atom stereocenters. The molecule has 3 aliphatic rings. The predicted molar refractivity (Wildman–Crippen MR) is 131 cm³/mol. The van der Waals surface area contributed by atoms with Crippen LogP contribution >= 0.6 is 0 Å². The number of carboxylic acids is 1. The number of rotatable bonds is 6. The number of hydrogen-bond donors (Lipinski definition) is 2. The molecule has 2 aliphatic carbocycles. The lowest BCUT2D eigenvalue weighted by Crippen LogP contribution is -2.52. The van der Waals surface area contributed by atoms with Gasteiger partial charge in [-0.3, -0.25) is 9.59 Å². The first kappa shape index (κ1) is 23.4. The summed E-state index contributed by atoms with van der Waals surface area (Å²) in [7, 11) is 0. The van der Waals surface area contributed by atoms with Gasteiger partial charge in [0.05, 0.1) is 11.8 Å². The van der Waals surface area contributed by atoms with Gasteiger partial charge in [0.2, 0.25) is 5.91 Å². The van der Waals surface area contributed by atoms with Gasteiger partial charge in [0.15, 0.2) is 0 Å². The summed E-state index contributed by atoms with van der Waals surface area (Å²) in [5, 5.41) is 12.3. The Morgan fingerprint density at radius 1 is 0.971 bits per heavy atom. The maximum atomic E-state index is 13.1. The fourth-order valence-corrected chi connectivity index (χ4v) is 6.26. The predicted octanol–water partition coefficient (Wildman–Crippen LogP) is 4.12. The molecule has 7 heteroatoms. The second-order valence-electron chi connectivity index (χ2n) is 10.3. The summed E-state index contributed by atoms with van der Waals surface area (Å²) < 4.78 is 5.63. The van der Waals surface area contributed by atoms with Crippen molar-refractivity contribution in [2.75, 3.05) is 19.7 Å². The summed E-state index contributed by atoms with van der Waals surface area (Å²) in [5.74, 6) is -1.55. The van der Waals surface area contributed by atoms with Gasteiger partial charge in [-0.2, -0.15) is 0 Å². The fraction of sp³-hybridized carbons (Fsp3) is 0.464. The summed E-state index contributed by atoms with van der Waals surface area (Å²) >= 11 is 0. The Labute approximate surface area is 205 Å². The van der Waals surface area contributed by atoms with E-state index in [4.69, 9.17) is 4.74 Å². The van der Waals surface area contributed by atoms with Crippen LogP contribution in [0, 0.1) is 23.7 Å². The van der Waals surface area contributed by atoms with Crippen molar-refractivity contribution in [2.45, 2.75) is 38.6 Å². The summed E-state index contributed by atoms with van der Waals surface area (Å²) in [4.78, 5) is 39.2. The lowest BCUT2D eigenvalue weighted by atomic mass is 9.84. The molecule has 2 amide bonds. The van der Waals surface area contributed by atoms with Crippen molar-refractivity contribution >= 4 is 18.0 Å². The molecule has 4 unspecified atom stereocenters. The van der Waals surface area contributed by atoms with Crippen LogP contribution in [0.15, 0.2) is 48.5 Å². The Bertz CT molecular complexity index is 1090. The first-order chi connectivity index (χ1) is 16.8. The molecule has 2 aromatic carbocycles. The number of carboxylic acid groups (broad SMARTS) is 1. The van der Waals surface area contributed by atoms with E-state index in [0.717, 1.165) is 24.0 Å².